The first-order chi connectivity index (χ1) is 7.57. The van der Waals surface area contributed by atoms with E-state index in [0.29, 0.717) is 6.61 Å². The molecule has 2 heterocycles. The van der Waals surface area contributed by atoms with Gasteiger partial charge in [0.15, 0.2) is 0 Å². The summed E-state index contributed by atoms with van der Waals surface area (Å²) < 4.78 is 15.8. The molecule has 4 nitrogen and oxygen atoms in total. The molecule has 0 spiro atoms. The monoisotopic (exact) mass is 224 g/mol. The van der Waals surface area contributed by atoms with Crippen molar-refractivity contribution in [2.75, 3.05) is 6.61 Å². The molecule has 1 fully saturated rings. The fourth-order valence-electron chi connectivity index (χ4n) is 1.83. The molecule has 16 heavy (non-hydrogen) atoms. The van der Waals surface area contributed by atoms with E-state index in [4.69, 9.17) is 13.9 Å². The van der Waals surface area contributed by atoms with Crippen LogP contribution in [0.25, 0.3) is 0 Å². The summed E-state index contributed by atoms with van der Waals surface area (Å²) in [5, 5.41) is 0. The fourth-order valence-corrected chi connectivity index (χ4v) is 1.83. The predicted octanol–water partition coefficient (Wildman–Crippen LogP) is 2.39. The van der Waals surface area contributed by atoms with Crippen molar-refractivity contribution in [1.82, 2.24) is 0 Å². The fraction of sp³-hybridized carbons (Fsp3) is 0.583. The van der Waals surface area contributed by atoms with E-state index in [2.05, 4.69) is 0 Å². The smallest absolute Gasteiger partial charge is 0.374 e. The molecular weight excluding hydrogens is 208 g/mol. The second-order valence-corrected chi connectivity index (χ2v) is 4.61. The second kappa shape index (κ2) is 4.29. The number of rotatable bonds is 3. The molecule has 0 amide bonds. The van der Waals surface area contributed by atoms with Gasteiger partial charge in [-0.2, -0.15) is 0 Å². The molecule has 0 saturated carbocycles. The molecule has 1 atom stereocenters. The minimum absolute atomic E-state index is 0.00825. The van der Waals surface area contributed by atoms with E-state index in [9.17, 15) is 4.79 Å². The van der Waals surface area contributed by atoms with Crippen molar-refractivity contribution in [3.05, 3.63) is 24.2 Å². The van der Waals surface area contributed by atoms with Crippen molar-refractivity contribution >= 4 is 5.97 Å². The maximum Gasteiger partial charge on any atom is 0.374 e. The van der Waals surface area contributed by atoms with Gasteiger partial charge in [0.05, 0.1) is 18.0 Å². The molecule has 1 saturated heterocycles. The molecule has 1 aliphatic rings. The Labute approximate surface area is 94.5 Å². The number of hydrogen-bond donors (Lipinski definition) is 0. The Bertz CT molecular complexity index is 353. The van der Waals surface area contributed by atoms with E-state index >= 15 is 0 Å². The molecular formula is C12H16O4. The first kappa shape index (κ1) is 11.2. The lowest BCUT2D eigenvalue weighted by atomic mass is 10.1. The normalized spacial score (nSPS) is 23.2. The minimum atomic E-state index is -0.432. The Balaban J connectivity index is 1.79. The molecule has 0 aliphatic carbocycles. The van der Waals surface area contributed by atoms with E-state index in [1.54, 1.807) is 12.1 Å². The van der Waals surface area contributed by atoms with Crippen LogP contribution in [0.2, 0.25) is 0 Å². The van der Waals surface area contributed by atoms with Crippen molar-refractivity contribution < 1.29 is 18.7 Å². The SMILES string of the molecule is CC1(C)CCC(COC(=O)c2ccco2)O1. The molecule has 0 bridgehead atoms. The van der Waals surface area contributed by atoms with Gasteiger partial charge in [-0.05, 0) is 38.8 Å². The lowest BCUT2D eigenvalue weighted by molar-refractivity contribution is -0.0451. The highest BCUT2D eigenvalue weighted by Crippen LogP contribution is 2.29. The third kappa shape index (κ3) is 2.64. The zero-order valence-corrected chi connectivity index (χ0v) is 9.56. The Kier molecular flexibility index (Phi) is 3.01. The van der Waals surface area contributed by atoms with Crippen LogP contribution >= 0.6 is 0 Å². The Morgan fingerprint density at radius 2 is 2.44 bits per heavy atom. The van der Waals surface area contributed by atoms with Gasteiger partial charge in [0.2, 0.25) is 5.76 Å². The zero-order valence-electron chi connectivity index (χ0n) is 9.56. The van der Waals surface area contributed by atoms with Gasteiger partial charge < -0.3 is 13.9 Å². The Morgan fingerprint density at radius 3 is 3.00 bits per heavy atom. The van der Waals surface area contributed by atoms with Crippen LogP contribution in [0, 0.1) is 0 Å². The number of carbonyl (C=O) groups is 1. The van der Waals surface area contributed by atoms with Crippen molar-refractivity contribution in [1.29, 1.82) is 0 Å². The molecule has 88 valence electrons. The van der Waals surface area contributed by atoms with Crippen LogP contribution < -0.4 is 0 Å². The van der Waals surface area contributed by atoms with Gasteiger partial charge >= 0.3 is 5.97 Å². The largest absolute Gasteiger partial charge is 0.457 e. The average molecular weight is 224 g/mol. The highest BCUT2D eigenvalue weighted by molar-refractivity contribution is 5.86. The third-order valence-corrected chi connectivity index (χ3v) is 2.68. The molecule has 1 aromatic rings. The first-order valence-corrected chi connectivity index (χ1v) is 5.45. The second-order valence-electron chi connectivity index (χ2n) is 4.61. The third-order valence-electron chi connectivity index (χ3n) is 2.68. The van der Waals surface area contributed by atoms with E-state index in [-0.39, 0.29) is 17.5 Å². The summed E-state index contributed by atoms with van der Waals surface area (Å²) in [7, 11) is 0. The topological polar surface area (TPSA) is 48.7 Å². The first-order valence-electron chi connectivity index (χ1n) is 5.45. The minimum Gasteiger partial charge on any atom is -0.457 e. The van der Waals surface area contributed by atoms with Crippen LogP contribution in [0.4, 0.5) is 0 Å². The summed E-state index contributed by atoms with van der Waals surface area (Å²) in [5.41, 5.74) is -0.0955. The summed E-state index contributed by atoms with van der Waals surface area (Å²) in [6.45, 7) is 4.38. The van der Waals surface area contributed by atoms with Crippen LogP contribution in [-0.4, -0.2) is 24.3 Å². The lowest BCUT2D eigenvalue weighted by Gasteiger charge is -2.18. The Morgan fingerprint density at radius 1 is 1.62 bits per heavy atom. The van der Waals surface area contributed by atoms with Crippen LogP contribution in [0.15, 0.2) is 22.8 Å². The van der Waals surface area contributed by atoms with E-state index in [0.717, 1.165) is 12.8 Å². The number of hydrogen-bond acceptors (Lipinski definition) is 4. The average Bonchev–Trinajstić information content (AvgIpc) is 2.83. The molecule has 0 aromatic carbocycles. The molecule has 1 unspecified atom stereocenters. The number of carbonyl (C=O) groups excluding carboxylic acids is 1. The maximum atomic E-state index is 11.5. The van der Waals surface area contributed by atoms with Crippen molar-refractivity contribution in [3.63, 3.8) is 0 Å². The molecule has 1 aliphatic heterocycles. The van der Waals surface area contributed by atoms with Crippen LogP contribution in [0.1, 0.15) is 37.2 Å². The van der Waals surface area contributed by atoms with E-state index in [1.165, 1.54) is 6.26 Å². The summed E-state index contributed by atoms with van der Waals surface area (Å²) >= 11 is 0. The van der Waals surface area contributed by atoms with Gasteiger partial charge in [0.1, 0.15) is 6.61 Å². The molecule has 0 radical (unpaired) electrons. The summed E-state index contributed by atoms with van der Waals surface area (Å²) in [6.07, 6.45) is 3.38. The van der Waals surface area contributed by atoms with Gasteiger partial charge in [-0.1, -0.05) is 0 Å². The van der Waals surface area contributed by atoms with Gasteiger partial charge in [-0.25, -0.2) is 4.79 Å². The zero-order chi connectivity index (χ0) is 11.6. The summed E-state index contributed by atoms with van der Waals surface area (Å²) in [6, 6.07) is 3.24. The number of esters is 1. The van der Waals surface area contributed by atoms with Crippen molar-refractivity contribution in [2.45, 2.75) is 38.4 Å². The summed E-state index contributed by atoms with van der Waals surface area (Å²) in [4.78, 5) is 11.5. The molecule has 4 heteroatoms. The van der Waals surface area contributed by atoms with Gasteiger partial charge in [0, 0.05) is 0 Å². The molecule has 0 N–H and O–H groups in total. The quantitative estimate of drug-likeness (QED) is 0.740. The number of furan rings is 1. The highest BCUT2D eigenvalue weighted by Gasteiger charge is 2.32. The molecule has 2 rings (SSSR count). The highest BCUT2D eigenvalue weighted by atomic mass is 16.6. The van der Waals surface area contributed by atoms with E-state index in [1.807, 2.05) is 13.8 Å². The van der Waals surface area contributed by atoms with Crippen LogP contribution in [0.5, 0.6) is 0 Å². The van der Waals surface area contributed by atoms with Crippen LogP contribution in [0.3, 0.4) is 0 Å². The van der Waals surface area contributed by atoms with Gasteiger partial charge in [-0.3, -0.25) is 0 Å². The van der Waals surface area contributed by atoms with Gasteiger partial charge in [0.25, 0.3) is 0 Å². The van der Waals surface area contributed by atoms with Crippen LogP contribution in [-0.2, 0) is 9.47 Å². The summed E-state index contributed by atoms with van der Waals surface area (Å²) in [5.74, 6) is -0.199. The van der Waals surface area contributed by atoms with Crippen molar-refractivity contribution in [2.24, 2.45) is 0 Å². The Hall–Kier alpha value is -1.29. The molecule has 1 aromatic heterocycles. The predicted molar refractivity (Wildman–Crippen MR) is 57.2 cm³/mol. The standard InChI is InChI=1S/C12H16O4/c1-12(2)6-5-9(16-12)8-15-11(13)10-4-3-7-14-10/h3-4,7,9H,5-6,8H2,1-2H3. The van der Waals surface area contributed by atoms with Gasteiger partial charge in [-0.15, -0.1) is 0 Å². The lowest BCUT2D eigenvalue weighted by Crippen LogP contribution is -2.24. The maximum absolute atomic E-state index is 11.5. The number of ether oxygens (including phenoxy) is 2. The van der Waals surface area contributed by atoms with E-state index < -0.39 is 5.97 Å². The van der Waals surface area contributed by atoms with Crippen molar-refractivity contribution in [3.8, 4) is 0 Å².